The third-order valence-electron chi connectivity index (χ3n) is 3.39. The van der Waals surface area contributed by atoms with E-state index in [1.165, 1.54) is 12.4 Å². The van der Waals surface area contributed by atoms with Gasteiger partial charge in [0.05, 0.1) is 34.9 Å². The number of aromatic nitrogens is 4. The van der Waals surface area contributed by atoms with Gasteiger partial charge in [-0.2, -0.15) is 15.0 Å². The zero-order chi connectivity index (χ0) is 17.3. The fraction of sp³-hybridized carbons (Fsp3) is 0.250. The lowest BCUT2D eigenvalue weighted by atomic mass is 10.1. The van der Waals surface area contributed by atoms with Gasteiger partial charge in [0.25, 0.3) is 0 Å². The number of hydrogen-bond donors (Lipinski definition) is 3. The number of aliphatic hydroxyl groups is 1. The third-order valence-corrected chi connectivity index (χ3v) is 3.39. The molecule has 0 spiro atoms. The second-order valence-corrected chi connectivity index (χ2v) is 6.10. The number of nitrogens with two attached hydrogens (primary N) is 1. The van der Waals surface area contributed by atoms with Gasteiger partial charge in [0.1, 0.15) is 6.07 Å². The van der Waals surface area contributed by atoms with E-state index in [1.807, 2.05) is 0 Å². The lowest BCUT2D eigenvalue weighted by molar-refractivity contribution is 0.0945. The van der Waals surface area contributed by atoms with E-state index in [4.69, 9.17) is 11.0 Å². The van der Waals surface area contributed by atoms with Crippen molar-refractivity contribution in [3.8, 4) is 11.9 Å². The lowest BCUT2D eigenvalue weighted by Crippen LogP contribution is -2.29. The molecule has 122 valence electrons. The Morgan fingerprint density at radius 1 is 1.29 bits per heavy atom. The minimum Gasteiger partial charge on any atom is -0.396 e. The summed E-state index contributed by atoms with van der Waals surface area (Å²) in [5.74, 6) is 0.537. The number of anilines is 2. The van der Waals surface area contributed by atoms with E-state index in [0.29, 0.717) is 34.9 Å². The van der Waals surface area contributed by atoms with Crippen LogP contribution in [0.15, 0.2) is 30.7 Å². The Balaban J connectivity index is 1.99. The molecule has 3 heterocycles. The SMILES string of the molecule is CC(C)(O)CNc1cc(-n2ncc3cc(C#N)cnc32)ncc1N. The van der Waals surface area contributed by atoms with Gasteiger partial charge in [-0.25, -0.2) is 9.97 Å². The van der Waals surface area contributed by atoms with Crippen molar-refractivity contribution in [1.29, 1.82) is 5.26 Å². The monoisotopic (exact) mass is 323 g/mol. The van der Waals surface area contributed by atoms with Gasteiger partial charge in [0.15, 0.2) is 11.5 Å². The molecular formula is C16H17N7O. The van der Waals surface area contributed by atoms with Crippen molar-refractivity contribution in [3.63, 3.8) is 0 Å². The predicted molar refractivity (Wildman–Crippen MR) is 90.6 cm³/mol. The molecule has 3 aromatic heterocycles. The molecule has 0 saturated heterocycles. The lowest BCUT2D eigenvalue weighted by Gasteiger charge is -2.19. The van der Waals surface area contributed by atoms with Crippen molar-refractivity contribution in [2.24, 2.45) is 0 Å². The van der Waals surface area contributed by atoms with Gasteiger partial charge in [-0.15, -0.1) is 0 Å². The summed E-state index contributed by atoms with van der Waals surface area (Å²) in [7, 11) is 0. The first-order valence-corrected chi connectivity index (χ1v) is 7.33. The topological polar surface area (TPSA) is 126 Å². The zero-order valence-electron chi connectivity index (χ0n) is 13.4. The van der Waals surface area contributed by atoms with Crippen LogP contribution in [0, 0.1) is 11.3 Å². The maximum atomic E-state index is 9.84. The van der Waals surface area contributed by atoms with E-state index >= 15 is 0 Å². The van der Waals surface area contributed by atoms with Crippen LogP contribution in [0.1, 0.15) is 19.4 Å². The van der Waals surface area contributed by atoms with Crippen molar-refractivity contribution in [1.82, 2.24) is 19.7 Å². The largest absolute Gasteiger partial charge is 0.396 e. The fourth-order valence-corrected chi connectivity index (χ4v) is 2.19. The number of fused-ring (bicyclic) bond motifs is 1. The average molecular weight is 323 g/mol. The molecule has 0 bridgehead atoms. The molecule has 0 aliphatic carbocycles. The number of hydrogen-bond acceptors (Lipinski definition) is 7. The summed E-state index contributed by atoms with van der Waals surface area (Å²) < 4.78 is 1.57. The van der Waals surface area contributed by atoms with Crippen LogP contribution in [0.4, 0.5) is 11.4 Å². The van der Waals surface area contributed by atoms with Crippen molar-refractivity contribution < 1.29 is 5.11 Å². The first-order valence-electron chi connectivity index (χ1n) is 7.33. The van der Waals surface area contributed by atoms with Crippen LogP contribution in [0.5, 0.6) is 0 Å². The Hall–Kier alpha value is -3.18. The molecule has 3 rings (SSSR count). The molecule has 0 radical (unpaired) electrons. The van der Waals surface area contributed by atoms with Crippen LogP contribution in [-0.2, 0) is 0 Å². The molecule has 0 amide bonds. The van der Waals surface area contributed by atoms with Crippen molar-refractivity contribution in [2.75, 3.05) is 17.6 Å². The minimum absolute atomic E-state index is 0.338. The van der Waals surface area contributed by atoms with Crippen LogP contribution in [0.25, 0.3) is 16.9 Å². The van der Waals surface area contributed by atoms with Gasteiger partial charge in [-0.05, 0) is 19.9 Å². The number of nitrogens with zero attached hydrogens (tertiary/aromatic N) is 5. The highest BCUT2D eigenvalue weighted by Crippen LogP contribution is 2.23. The highest BCUT2D eigenvalue weighted by molar-refractivity contribution is 5.78. The summed E-state index contributed by atoms with van der Waals surface area (Å²) in [5.41, 5.74) is 7.26. The average Bonchev–Trinajstić information content (AvgIpc) is 2.96. The van der Waals surface area contributed by atoms with Gasteiger partial charge < -0.3 is 16.2 Å². The van der Waals surface area contributed by atoms with Gasteiger partial charge in [-0.3, -0.25) is 0 Å². The molecule has 0 fully saturated rings. The summed E-state index contributed by atoms with van der Waals surface area (Å²) in [5, 5.41) is 26.9. The summed E-state index contributed by atoms with van der Waals surface area (Å²) in [6.07, 6.45) is 4.65. The number of rotatable bonds is 4. The van der Waals surface area contributed by atoms with E-state index in [9.17, 15) is 5.11 Å². The van der Waals surface area contributed by atoms with E-state index in [2.05, 4.69) is 26.5 Å². The Bertz CT molecular complexity index is 934. The van der Waals surface area contributed by atoms with E-state index < -0.39 is 5.60 Å². The molecule has 8 nitrogen and oxygen atoms in total. The summed E-state index contributed by atoms with van der Waals surface area (Å²) in [6.45, 7) is 3.75. The minimum atomic E-state index is -0.872. The van der Waals surface area contributed by atoms with Gasteiger partial charge in [0.2, 0.25) is 0 Å². The van der Waals surface area contributed by atoms with Crippen LogP contribution < -0.4 is 11.1 Å². The first kappa shape index (κ1) is 15.7. The maximum absolute atomic E-state index is 9.84. The maximum Gasteiger partial charge on any atom is 0.164 e. The number of nitrogens with one attached hydrogen (secondary N) is 1. The predicted octanol–water partition coefficient (Wildman–Crippen LogP) is 1.45. The quantitative estimate of drug-likeness (QED) is 0.663. The van der Waals surface area contributed by atoms with E-state index in [1.54, 1.807) is 36.9 Å². The van der Waals surface area contributed by atoms with Gasteiger partial charge in [-0.1, -0.05) is 0 Å². The highest BCUT2D eigenvalue weighted by atomic mass is 16.3. The van der Waals surface area contributed by atoms with E-state index in [0.717, 1.165) is 5.39 Å². The normalized spacial score (nSPS) is 11.4. The molecule has 0 aromatic carbocycles. The fourth-order valence-electron chi connectivity index (χ4n) is 2.19. The van der Waals surface area contributed by atoms with Crippen molar-refractivity contribution in [2.45, 2.75) is 19.4 Å². The molecular weight excluding hydrogens is 306 g/mol. The molecule has 0 aliphatic rings. The van der Waals surface area contributed by atoms with Gasteiger partial charge in [0, 0.05) is 24.2 Å². The summed E-state index contributed by atoms with van der Waals surface area (Å²) in [6, 6.07) is 5.51. The second-order valence-electron chi connectivity index (χ2n) is 6.10. The molecule has 8 heteroatoms. The van der Waals surface area contributed by atoms with E-state index in [-0.39, 0.29) is 0 Å². The second kappa shape index (κ2) is 5.79. The number of nitrogen functional groups attached to an aromatic ring is 1. The summed E-state index contributed by atoms with van der Waals surface area (Å²) in [4.78, 5) is 8.56. The standard InChI is InChI=1S/C16H17N7O/c1-16(2,24)9-21-13-4-14(19-8-12(13)18)23-15-11(7-22-23)3-10(5-17)6-20-15/h3-4,6-8,24H,9,18H2,1-2H3,(H,19,21). The molecule has 4 N–H and O–H groups in total. The third kappa shape index (κ3) is 3.11. The number of nitriles is 1. The van der Waals surface area contributed by atoms with Crippen LogP contribution in [0.2, 0.25) is 0 Å². The highest BCUT2D eigenvalue weighted by Gasteiger charge is 2.14. The summed E-state index contributed by atoms with van der Waals surface area (Å²) >= 11 is 0. The molecule has 24 heavy (non-hydrogen) atoms. The van der Waals surface area contributed by atoms with Gasteiger partial charge >= 0.3 is 0 Å². The molecule has 0 saturated carbocycles. The molecule has 0 aliphatic heterocycles. The molecule has 0 atom stereocenters. The Kier molecular flexibility index (Phi) is 3.79. The van der Waals surface area contributed by atoms with Crippen LogP contribution in [-0.4, -0.2) is 37.0 Å². The Labute approximate surface area is 138 Å². The van der Waals surface area contributed by atoms with Crippen LogP contribution >= 0.6 is 0 Å². The number of pyridine rings is 2. The first-order chi connectivity index (χ1) is 11.4. The van der Waals surface area contributed by atoms with Crippen molar-refractivity contribution in [3.05, 3.63) is 36.3 Å². The van der Waals surface area contributed by atoms with Crippen LogP contribution in [0.3, 0.4) is 0 Å². The smallest absolute Gasteiger partial charge is 0.164 e. The Morgan fingerprint density at radius 2 is 2.08 bits per heavy atom. The Morgan fingerprint density at radius 3 is 2.79 bits per heavy atom. The molecule has 3 aromatic rings. The zero-order valence-corrected chi connectivity index (χ0v) is 13.4. The molecule has 0 unspecified atom stereocenters. The van der Waals surface area contributed by atoms with Crippen molar-refractivity contribution >= 4 is 22.4 Å².